The number of fused-ring (bicyclic) bond motifs is 2. The number of nitrogens with one attached hydrogen (secondary N) is 1. The summed E-state index contributed by atoms with van der Waals surface area (Å²) in [7, 11) is 0. The SMILES string of the molecule is Cc1cccc2c(=O)n(CCC(=O)NCCc3nnc4n3CCCCC4)cnc12. The van der Waals surface area contributed by atoms with Gasteiger partial charge in [0, 0.05) is 38.9 Å². The number of amides is 1. The van der Waals surface area contributed by atoms with E-state index < -0.39 is 0 Å². The first-order valence-corrected chi connectivity index (χ1v) is 10.3. The van der Waals surface area contributed by atoms with Gasteiger partial charge in [-0.3, -0.25) is 14.2 Å². The Balaban J connectivity index is 1.31. The van der Waals surface area contributed by atoms with Crippen LogP contribution in [0.2, 0.25) is 0 Å². The molecule has 1 amide bonds. The largest absolute Gasteiger partial charge is 0.356 e. The highest BCUT2D eigenvalue weighted by molar-refractivity contribution is 5.80. The van der Waals surface area contributed by atoms with E-state index in [0.29, 0.717) is 30.4 Å². The van der Waals surface area contributed by atoms with E-state index in [2.05, 4.69) is 25.1 Å². The molecule has 152 valence electrons. The third-order valence-electron chi connectivity index (χ3n) is 5.49. The maximum absolute atomic E-state index is 12.6. The topological polar surface area (TPSA) is 94.7 Å². The van der Waals surface area contributed by atoms with Gasteiger partial charge in [-0.15, -0.1) is 10.2 Å². The van der Waals surface area contributed by atoms with Crippen molar-refractivity contribution in [2.45, 2.75) is 58.5 Å². The monoisotopic (exact) mass is 394 g/mol. The van der Waals surface area contributed by atoms with Crippen LogP contribution in [0, 0.1) is 6.92 Å². The average molecular weight is 394 g/mol. The summed E-state index contributed by atoms with van der Waals surface area (Å²) >= 11 is 0. The molecule has 1 aromatic carbocycles. The lowest BCUT2D eigenvalue weighted by atomic mass is 10.1. The summed E-state index contributed by atoms with van der Waals surface area (Å²) in [6.07, 6.45) is 6.94. The Hall–Kier alpha value is -3.03. The van der Waals surface area contributed by atoms with Gasteiger partial charge in [-0.2, -0.15) is 0 Å². The van der Waals surface area contributed by atoms with Crippen LogP contribution in [0.4, 0.5) is 0 Å². The Labute approximate surface area is 169 Å². The molecule has 0 radical (unpaired) electrons. The third-order valence-corrected chi connectivity index (χ3v) is 5.49. The van der Waals surface area contributed by atoms with Crippen molar-refractivity contribution in [1.82, 2.24) is 29.6 Å². The highest BCUT2D eigenvalue weighted by atomic mass is 16.1. The summed E-state index contributed by atoms with van der Waals surface area (Å²) in [6.45, 7) is 3.71. The van der Waals surface area contributed by atoms with Crippen molar-refractivity contribution < 1.29 is 4.79 Å². The van der Waals surface area contributed by atoms with Gasteiger partial charge in [0.15, 0.2) is 0 Å². The van der Waals surface area contributed by atoms with E-state index in [4.69, 9.17) is 0 Å². The summed E-state index contributed by atoms with van der Waals surface area (Å²) < 4.78 is 3.70. The molecule has 0 fully saturated rings. The fourth-order valence-electron chi connectivity index (χ4n) is 3.85. The van der Waals surface area contributed by atoms with Crippen LogP contribution in [-0.2, 0) is 30.7 Å². The molecule has 0 aliphatic carbocycles. The number of benzene rings is 1. The minimum Gasteiger partial charge on any atom is -0.356 e. The molecule has 4 rings (SSSR count). The zero-order chi connectivity index (χ0) is 20.2. The first-order chi connectivity index (χ1) is 14.1. The molecule has 0 spiro atoms. The molecule has 0 bridgehead atoms. The quantitative estimate of drug-likeness (QED) is 0.688. The molecule has 1 aliphatic rings. The van der Waals surface area contributed by atoms with Crippen molar-refractivity contribution in [2.75, 3.05) is 6.54 Å². The fourth-order valence-corrected chi connectivity index (χ4v) is 3.85. The van der Waals surface area contributed by atoms with Gasteiger partial charge in [-0.25, -0.2) is 4.98 Å². The Morgan fingerprint density at radius 1 is 1.21 bits per heavy atom. The Bertz CT molecular complexity index is 1080. The van der Waals surface area contributed by atoms with Crippen LogP contribution in [0.25, 0.3) is 10.9 Å². The molecule has 1 aliphatic heterocycles. The van der Waals surface area contributed by atoms with E-state index in [1.807, 2.05) is 19.1 Å². The maximum atomic E-state index is 12.6. The summed E-state index contributed by atoms with van der Waals surface area (Å²) in [5.41, 5.74) is 1.57. The number of nitrogens with zero attached hydrogens (tertiary/aromatic N) is 5. The lowest BCUT2D eigenvalue weighted by Gasteiger charge is -2.09. The van der Waals surface area contributed by atoms with Gasteiger partial charge in [-0.05, 0) is 31.4 Å². The standard InChI is InChI=1S/C21H26N6O2/c1-15-6-5-7-16-20(15)23-14-26(21(16)29)13-10-19(28)22-11-9-18-25-24-17-8-3-2-4-12-27(17)18/h5-7,14H,2-4,8-13H2,1H3,(H,22,28). The Kier molecular flexibility index (Phi) is 5.69. The third kappa shape index (κ3) is 4.21. The van der Waals surface area contributed by atoms with E-state index in [-0.39, 0.29) is 17.9 Å². The van der Waals surface area contributed by atoms with Crippen LogP contribution in [0.15, 0.2) is 29.3 Å². The summed E-state index contributed by atoms with van der Waals surface area (Å²) in [4.78, 5) is 29.2. The van der Waals surface area contributed by atoms with Crippen LogP contribution < -0.4 is 10.9 Å². The number of aryl methyl sites for hydroxylation is 3. The number of carbonyl (C=O) groups excluding carboxylic acids is 1. The second-order valence-corrected chi connectivity index (χ2v) is 7.56. The van der Waals surface area contributed by atoms with E-state index >= 15 is 0 Å². The van der Waals surface area contributed by atoms with Gasteiger partial charge in [0.1, 0.15) is 11.6 Å². The summed E-state index contributed by atoms with van der Waals surface area (Å²) in [5, 5.41) is 12.1. The highest BCUT2D eigenvalue weighted by Gasteiger charge is 2.14. The van der Waals surface area contributed by atoms with Crippen LogP contribution >= 0.6 is 0 Å². The van der Waals surface area contributed by atoms with Crippen molar-refractivity contribution in [3.63, 3.8) is 0 Å². The second kappa shape index (κ2) is 8.55. The normalized spacial score (nSPS) is 13.8. The van der Waals surface area contributed by atoms with Crippen molar-refractivity contribution >= 4 is 16.8 Å². The van der Waals surface area contributed by atoms with Crippen molar-refractivity contribution in [3.05, 3.63) is 52.1 Å². The zero-order valence-electron chi connectivity index (χ0n) is 16.7. The number of para-hydroxylation sites is 1. The van der Waals surface area contributed by atoms with E-state index in [1.165, 1.54) is 17.3 Å². The van der Waals surface area contributed by atoms with Crippen LogP contribution in [0.5, 0.6) is 0 Å². The van der Waals surface area contributed by atoms with Gasteiger partial charge in [0.25, 0.3) is 5.56 Å². The van der Waals surface area contributed by atoms with Crippen LogP contribution in [-0.4, -0.2) is 36.8 Å². The first kappa shape index (κ1) is 19.3. The fraction of sp³-hybridized carbons (Fsp3) is 0.476. The van der Waals surface area contributed by atoms with E-state index in [0.717, 1.165) is 43.0 Å². The molecule has 2 aromatic heterocycles. The lowest BCUT2D eigenvalue weighted by Crippen LogP contribution is -2.29. The molecule has 8 nitrogen and oxygen atoms in total. The Morgan fingerprint density at radius 3 is 3.00 bits per heavy atom. The van der Waals surface area contributed by atoms with Gasteiger partial charge < -0.3 is 9.88 Å². The van der Waals surface area contributed by atoms with Crippen molar-refractivity contribution in [3.8, 4) is 0 Å². The predicted octanol–water partition coefficient (Wildman–Crippen LogP) is 1.77. The smallest absolute Gasteiger partial charge is 0.261 e. The van der Waals surface area contributed by atoms with Gasteiger partial charge >= 0.3 is 0 Å². The Morgan fingerprint density at radius 2 is 2.10 bits per heavy atom. The molecule has 3 heterocycles. The molecule has 0 unspecified atom stereocenters. The number of carbonyl (C=O) groups is 1. The van der Waals surface area contributed by atoms with Gasteiger partial charge in [-0.1, -0.05) is 18.6 Å². The summed E-state index contributed by atoms with van der Waals surface area (Å²) in [6, 6.07) is 5.56. The average Bonchev–Trinajstić information content (AvgIpc) is 2.94. The molecule has 1 N–H and O–H groups in total. The number of hydrogen-bond donors (Lipinski definition) is 1. The molecule has 3 aromatic rings. The van der Waals surface area contributed by atoms with Crippen LogP contribution in [0.3, 0.4) is 0 Å². The lowest BCUT2D eigenvalue weighted by molar-refractivity contribution is -0.121. The summed E-state index contributed by atoms with van der Waals surface area (Å²) in [5.74, 6) is 1.91. The molecule has 0 saturated heterocycles. The van der Waals surface area contributed by atoms with Gasteiger partial charge in [0.05, 0.1) is 17.2 Å². The molecule has 0 saturated carbocycles. The zero-order valence-corrected chi connectivity index (χ0v) is 16.7. The minimum atomic E-state index is -0.113. The number of rotatable bonds is 6. The second-order valence-electron chi connectivity index (χ2n) is 7.56. The number of aromatic nitrogens is 5. The van der Waals surface area contributed by atoms with Crippen LogP contribution in [0.1, 0.15) is 42.9 Å². The van der Waals surface area contributed by atoms with E-state index in [1.54, 1.807) is 6.07 Å². The molecule has 29 heavy (non-hydrogen) atoms. The van der Waals surface area contributed by atoms with Crippen molar-refractivity contribution in [2.24, 2.45) is 0 Å². The minimum absolute atomic E-state index is 0.0863. The molecule has 8 heteroatoms. The maximum Gasteiger partial charge on any atom is 0.261 e. The molecular weight excluding hydrogens is 368 g/mol. The molecular formula is C21H26N6O2. The number of hydrogen-bond acceptors (Lipinski definition) is 5. The molecule has 0 atom stereocenters. The highest BCUT2D eigenvalue weighted by Crippen LogP contribution is 2.14. The van der Waals surface area contributed by atoms with E-state index in [9.17, 15) is 9.59 Å². The van der Waals surface area contributed by atoms with Gasteiger partial charge in [0.2, 0.25) is 5.91 Å². The predicted molar refractivity (Wildman–Crippen MR) is 110 cm³/mol. The first-order valence-electron chi connectivity index (χ1n) is 10.3. The van der Waals surface area contributed by atoms with Crippen molar-refractivity contribution in [1.29, 1.82) is 0 Å².